The normalized spacial score (nSPS) is 30.4. The van der Waals surface area contributed by atoms with Crippen molar-refractivity contribution in [2.75, 3.05) is 12.4 Å². The third-order valence-corrected chi connectivity index (χ3v) is 11.5. The van der Waals surface area contributed by atoms with E-state index in [1.165, 1.54) is 40.2 Å². The summed E-state index contributed by atoms with van der Waals surface area (Å²) in [7, 11) is 1.46. The molecule has 3 aromatic carbocycles. The number of rotatable bonds is 3. The maximum atomic E-state index is 14.6. The highest BCUT2D eigenvalue weighted by molar-refractivity contribution is 6.28. The number of nitrogens with one attached hydrogen (secondary N) is 2. The van der Waals surface area contributed by atoms with E-state index in [0.717, 1.165) is 0 Å². The number of H-pyrrole nitrogens is 1. The Balaban J connectivity index is 1.56. The van der Waals surface area contributed by atoms with Crippen LogP contribution in [0.4, 0.5) is 5.69 Å². The molecule has 0 fully saturated rings. The number of ether oxygens (including phenoxy) is 4. The SMILES string of the molecule is CO[C@H]1/C=C/O[C@@]2(C)Oc3c(C)c(O)c4c(O)c(c5[nH]c(-c6ccccc6)nc5c4c3C2=O)NC(=O)/C(C)=C\C=C\[C@H](C)[C@H](O)[C@@H](C)[C@@H](O)[C@@H](C)[C@H](OC(C)=O)[C@@H]1C. The van der Waals surface area contributed by atoms with Crippen molar-refractivity contribution in [1.82, 2.24) is 9.97 Å². The Morgan fingerprint density at radius 2 is 1.62 bits per heavy atom. The number of Topliss-reactive ketones (excluding diaryl/α,β-unsaturated/α-hetero) is 1. The van der Waals surface area contributed by atoms with Crippen molar-refractivity contribution in [2.45, 2.75) is 85.6 Å². The minimum absolute atomic E-state index is 0.000907. The summed E-state index contributed by atoms with van der Waals surface area (Å²) in [6.07, 6.45) is 3.84. The maximum absolute atomic E-state index is 14.6. The summed E-state index contributed by atoms with van der Waals surface area (Å²) in [6.45, 7) is 12.8. The number of aromatic nitrogens is 2. The van der Waals surface area contributed by atoms with Crippen LogP contribution in [-0.2, 0) is 23.8 Å². The van der Waals surface area contributed by atoms with E-state index in [1.54, 1.807) is 52.8 Å². The van der Waals surface area contributed by atoms with Crippen LogP contribution in [0.2, 0.25) is 0 Å². The molecule has 308 valence electrons. The number of carbonyl (C=O) groups excluding carboxylic acids is 3. The number of allylic oxidation sites excluding steroid dienone is 2. The summed E-state index contributed by atoms with van der Waals surface area (Å²) >= 11 is 0. The van der Waals surface area contributed by atoms with Gasteiger partial charge in [-0.25, -0.2) is 4.98 Å². The second-order valence-corrected chi connectivity index (χ2v) is 15.5. The van der Waals surface area contributed by atoms with Crippen LogP contribution in [-0.4, -0.2) is 85.4 Å². The van der Waals surface area contributed by atoms with Crippen molar-refractivity contribution in [3.63, 3.8) is 0 Å². The Bertz CT molecular complexity index is 2350. The zero-order valence-electron chi connectivity index (χ0n) is 34.0. The van der Waals surface area contributed by atoms with E-state index in [4.69, 9.17) is 23.9 Å². The molecule has 0 unspecified atom stereocenters. The largest absolute Gasteiger partial charge is 0.507 e. The van der Waals surface area contributed by atoms with Gasteiger partial charge >= 0.3 is 11.8 Å². The van der Waals surface area contributed by atoms with Crippen LogP contribution in [0.5, 0.6) is 17.2 Å². The fourth-order valence-electron chi connectivity index (χ4n) is 7.95. The van der Waals surface area contributed by atoms with Gasteiger partial charge < -0.3 is 49.7 Å². The van der Waals surface area contributed by atoms with Gasteiger partial charge in [-0.15, -0.1) is 0 Å². The fraction of sp³-hybridized carbons (Fsp3) is 0.409. The first kappa shape index (κ1) is 41.9. The number of ketones is 1. The fourth-order valence-corrected chi connectivity index (χ4v) is 7.95. The number of aliphatic hydroxyl groups is 2. The van der Waals surface area contributed by atoms with Crippen molar-refractivity contribution in [3.05, 3.63) is 77.6 Å². The Kier molecular flexibility index (Phi) is 11.8. The highest BCUT2D eigenvalue weighted by atomic mass is 16.7. The summed E-state index contributed by atoms with van der Waals surface area (Å²) in [5.74, 6) is -6.70. The Morgan fingerprint density at radius 3 is 2.28 bits per heavy atom. The number of methoxy groups -OCH3 is 1. The molecule has 0 saturated heterocycles. The molecule has 4 aromatic rings. The molecule has 0 spiro atoms. The Labute approximate surface area is 336 Å². The molecule has 3 heterocycles. The van der Waals surface area contributed by atoms with E-state index >= 15 is 0 Å². The number of benzene rings is 3. The maximum Gasteiger partial charge on any atom is 0.312 e. The molecule has 1 aromatic heterocycles. The lowest BCUT2D eigenvalue weighted by Crippen LogP contribution is -2.46. The third kappa shape index (κ3) is 7.43. The van der Waals surface area contributed by atoms with Crippen molar-refractivity contribution < 1.29 is 53.8 Å². The quantitative estimate of drug-likeness (QED) is 0.0958. The minimum Gasteiger partial charge on any atom is -0.507 e. The molecule has 1 amide bonds. The van der Waals surface area contributed by atoms with Crippen LogP contribution < -0.4 is 10.1 Å². The summed E-state index contributed by atoms with van der Waals surface area (Å²) in [4.78, 5) is 48.7. The average molecular weight is 798 g/mol. The number of carbonyl (C=O) groups is 3. The van der Waals surface area contributed by atoms with E-state index in [0.29, 0.717) is 11.4 Å². The van der Waals surface area contributed by atoms with Crippen LogP contribution in [0, 0.1) is 30.6 Å². The van der Waals surface area contributed by atoms with Gasteiger partial charge in [0.1, 0.15) is 34.6 Å². The molecule has 9 atom stereocenters. The van der Waals surface area contributed by atoms with Gasteiger partial charge in [0.15, 0.2) is 5.75 Å². The molecule has 14 nitrogen and oxygen atoms in total. The summed E-state index contributed by atoms with van der Waals surface area (Å²) < 4.78 is 23.8. The molecule has 2 aliphatic rings. The smallest absolute Gasteiger partial charge is 0.312 e. The van der Waals surface area contributed by atoms with Crippen molar-refractivity contribution in [2.24, 2.45) is 23.7 Å². The number of hydrogen-bond donors (Lipinski definition) is 6. The van der Waals surface area contributed by atoms with Gasteiger partial charge in [0.25, 0.3) is 11.7 Å². The number of esters is 1. The molecule has 14 heteroatoms. The number of fused-ring (bicyclic) bond motifs is 1. The number of anilines is 1. The number of aromatic hydroxyl groups is 2. The lowest BCUT2D eigenvalue weighted by Gasteiger charge is -2.38. The van der Waals surface area contributed by atoms with Gasteiger partial charge in [-0.05, 0) is 19.9 Å². The van der Waals surface area contributed by atoms with Crippen molar-refractivity contribution in [3.8, 4) is 28.6 Å². The molecule has 0 aliphatic carbocycles. The first-order valence-corrected chi connectivity index (χ1v) is 19.2. The lowest BCUT2D eigenvalue weighted by atomic mass is 9.78. The number of imidazole rings is 1. The van der Waals surface area contributed by atoms with Crippen LogP contribution in [0.3, 0.4) is 0 Å². The molecule has 2 aliphatic heterocycles. The first-order chi connectivity index (χ1) is 27.4. The second kappa shape index (κ2) is 16.3. The molecule has 6 N–H and O–H groups in total. The van der Waals surface area contributed by atoms with Crippen LogP contribution >= 0.6 is 0 Å². The highest BCUT2D eigenvalue weighted by Gasteiger charge is 2.49. The van der Waals surface area contributed by atoms with E-state index < -0.39 is 83.0 Å². The molecule has 0 radical (unpaired) electrons. The molecular weight excluding hydrogens is 746 g/mol. The molecular formula is C44H51N3O11. The van der Waals surface area contributed by atoms with Gasteiger partial charge in [0, 0.05) is 66.7 Å². The predicted octanol–water partition coefficient (Wildman–Crippen LogP) is 6.59. The zero-order chi connectivity index (χ0) is 42.4. The van der Waals surface area contributed by atoms with Crippen molar-refractivity contribution >= 4 is 45.2 Å². The Hall–Kier alpha value is -5.70. The van der Waals surface area contributed by atoms with E-state index in [-0.39, 0.29) is 49.9 Å². The van der Waals surface area contributed by atoms with Gasteiger partial charge in [-0.2, -0.15) is 0 Å². The minimum atomic E-state index is -1.97. The van der Waals surface area contributed by atoms with Crippen molar-refractivity contribution in [1.29, 1.82) is 0 Å². The lowest BCUT2D eigenvalue weighted by molar-refractivity contribution is -0.160. The van der Waals surface area contributed by atoms with Crippen LogP contribution in [0.1, 0.15) is 64.4 Å². The summed E-state index contributed by atoms with van der Waals surface area (Å²) in [5.41, 5.74) is 1.31. The van der Waals surface area contributed by atoms with Gasteiger partial charge in [-0.3, -0.25) is 14.4 Å². The summed E-state index contributed by atoms with van der Waals surface area (Å²) in [6, 6.07) is 9.12. The Morgan fingerprint density at radius 1 is 0.931 bits per heavy atom. The van der Waals surface area contributed by atoms with Crippen LogP contribution in [0.15, 0.2) is 66.5 Å². The number of aliphatic hydroxyl groups excluding tert-OH is 2. The van der Waals surface area contributed by atoms with Gasteiger partial charge in [0.2, 0.25) is 0 Å². The highest BCUT2D eigenvalue weighted by Crippen LogP contribution is 2.54. The monoisotopic (exact) mass is 797 g/mol. The van der Waals surface area contributed by atoms with E-state index in [2.05, 4.69) is 10.3 Å². The molecule has 0 saturated carbocycles. The number of aromatic amines is 1. The average Bonchev–Trinajstić information content (AvgIpc) is 3.76. The van der Waals surface area contributed by atoms with Gasteiger partial charge in [-0.1, -0.05) is 76.3 Å². The van der Waals surface area contributed by atoms with Crippen LogP contribution in [0.25, 0.3) is 33.2 Å². The van der Waals surface area contributed by atoms with E-state index in [9.17, 15) is 34.8 Å². The number of nitrogens with zero attached hydrogens (tertiary/aromatic N) is 1. The topological polar surface area (TPSA) is 210 Å². The predicted molar refractivity (Wildman–Crippen MR) is 217 cm³/mol. The first-order valence-electron chi connectivity index (χ1n) is 19.2. The number of amides is 1. The molecule has 6 rings (SSSR count). The van der Waals surface area contributed by atoms with Gasteiger partial charge in [0.05, 0.1) is 41.0 Å². The third-order valence-electron chi connectivity index (χ3n) is 11.5. The summed E-state index contributed by atoms with van der Waals surface area (Å²) in [5, 5.41) is 49.2. The molecule has 58 heavy (non-hydrogen) atoms. The molecule has 4 bridgehead atoms. The van der Waals surface area contributed by atoms with E-state index in [1.807, 2.05) is 30.3 Å². The zero-order valence-corrected chi connectivity index (χ0v) is 34.0. The number of phenols is 2. The standard InChI is InChI=1S/C44H51N3O11/c1-20-14-13-15-21(2)43(54)47-34-33-32(45-42(46-33)27-16-11-10-12-17-27)29-30(38(34)52)37(51)25(6)40-31(29)41(53)44(8,58-40)56-19-18-28(55-9)22(3)39(57-26(7)48)24(5)36(50)23(4)35(20)49/h10-20,22-24,28,35-36,39,49-52H,1-9H3,(H,45,46)(H,47,54)/b14-13+,19-18+,21-15-/t20-,22+,23+,24+,28-,35-,36+,39+,44-/m0/s1. The number of phenolic OH excluding ortho intramolecular Hbond substituents is 2. The second-order valence-electron chi connectivity index (χ2n) is 15.5. The number of hydrogen-bond acceptors (Lipinski definition) is 12.